The molecule has 4 aromatic rings. The van der Waals surface area contributed by atoms with E-state index in [9.17, 15) is 4.79 Å². The highest BCUT2D eigenvalue weighted by atomic mass is 16.5. The summed E-state index contributed by atoms with van der Waals surface area (Å²) in [7, 11) is 1.56. The topological polar surface area (TPSA) is 57.0 Å². The van der Waals surface area contributed by atoms with Gasteiger partial charge in [-0.05, 0) is 31.2 Å². The molecule has 28 heavy (non-hydrogen) atoms. The van der Waals surface area contributed by atoms with Crippen LogP contribution in [0.5, 0.6) is 5.75 Å². The molecule has 0 aliphatic rings. The molecule has 0 fully saturated rings. The van der Waals surface area contributed by atoms with Gasteiger partial charge in [0.25, 0.3) is 0 Å². The molecule has 4 rings (SSSR count). The first kappa shape index (κ1) is 17.7. The molecule has 0 spiro atoms. The normalized spacial score (nSPS) is 10.6. The molecule has 1 aromatic heterocycles. The highest BCUT2D eigenvalue weighted by Gasteiger charge is 2.19. The monoisotopic (exact) mass is 369 g/mol. The number of ether oxygens (including phenoxy) is 1. The molecule has 0 aliphatic heterocycles. The third kappa shape index (κ3) is 3.30. The molecule has 0 amide bonds. The van der Waals surface area contributed by atoms with Crippen LogP contribution in [0, 0.1) is 6.92 Å². The third-order valence-corrected chi connectivity index (χ3v) is 4.59. The Kier molecular flexibility index (Phi) is 4.72. The Labute approximate surface area is 163 Å². The van der Waals surface area contributed by atoms with Crippen LogP contribution in [0.25, 0.3) is 16.9 Å². The van der Waals surface area contributed by atoms with Gasteiger partial charge in [-0.1, -0.05) is 59.3 Å². The second-order valence-electron chi connectivity index (χ2n) is 6.46. The fourth-order valence-corrected chi connectivity index (χ4v) is 3.09. The van der Waals surface area contributed by atoms with Crippen molar-refractivity contribution in [1.29, 1.82) is 0 Å². The largest absolute Gasteiger partial charge is 0.496 e. The SMILES string of the molecule is COc1ccccc1C(=O)c1ccccc1-c1cn(-c2ccc(C)cc2)nn1. The molecule has 138 valence electrons. The minimum atomic E-state index is -0.113. The summed E-state index contributed by atoms with van der Waals surface area (Å²) in [6, 6.07) is 22.6. The molecule has 0 N–H and O–H groups in total. The van der Waals surface area contributed by atoms with Crippen LogP contribution in [0.3, 0.4) is 0 Å². The van der Waals surface area contributed by atoms with Gasteiger partial charge in [-0.15, -0.1) is 5.10 Å². The van der Waals surface area contributed by atoms with Crippen LogP contribution in [0.2, 0.25) is 0 Å². The number of rotatable bonds is 5. The van der Waals surface area contributed by atoms with E-state index in [2.05, 4.69) is 10.3 Å². The molecular formula is C23H19N3O2. The average molecular weight is 369 g/mol. The van der Waals surface area contributed by atoms with Crippen LogP contribution in [-0.4, -0.2) is 27.9 Å². The maximum atomic E-state index is 13.2. The highest BCUT2D eigenvalue weighted by molar-refractivity contribution is 6.14. The molecule has 0 saturated carbocycles. The molecule has 1 heterocycles. The zero-order valence-corrected chi connectivity index (χ0v) is 15.7. The Hall–Kier alpha value is -3.73. The molecule has 0 unspecified atom stereocenters. The number of carbonyl (C=O) groups is 1. The molecule has 0 radical (unpaired) electrons. The Morgan fingerprint density at radius 3 is 2.32 bits per heavy atom. The number of carbonyl (C=O) groups excluding carboxylic acids is 1. The van der Waals surface area contributed by atoms with Crippen LogP contribution >= 0.6 is 0 Å². The predicted octanol–water partition coefficient (Wildman–Crippen LogP) is 4.48. The van der Waals surface area contributed by atoms with Gasteiger partial charge in [-0.3, -0.25) is 4.79 Å². The van der Waals surface area contributed by atoms with Crippen molar-refractivity contribution in [1.82, 2.24) is 15.0 Å². The summed E-state index contributed by atoms with van der Waals surface area (Å²) in [4.78, 5) is 13.2. The van der Waals surface area contributed by atoms with Crippen molar-refractivity contribution in [3.05, 3.63) is 95.7 Å². The number of nitrogens with zero attached hydrogens (tertiary/aromatic N) is 3. The first-order valence-electron chi connectivity index (χ1n) is 8.94. The number of hydrogen-bond donors (Lipinski definition) is 0. The second-order valence-corrected chi connectivity index (χ2v) is 6.46. The number of methoxy groups -OCH3 is 1. The third-order valence-electron chi connectivity index (χ3n) is 4.59. The van der Waals surface area contributed by atoms with E-state index in [-0.39, 0.29) is 5.78 Å². The summed E-state index contributed by atoms with van der Waals surface area (Å²) in [6.45, 7) is 2.04. The van der Waals surface area contributed by atoms with E-state index < -0.39 is 0 Å². The minimum absolute atomic E-state index is 0.113. The van der Waals surface area contributed by atoms with Crippen molar-refractivity contribution in [3.63, 3.8) is 0 Å². The van der Waals surface area contributed by atoms with Crippen LogP contribution in [0.15, 0.2) is 79.0 Å². The van der Waals surface area contributed by atoms with Crippen LogP contribution in [-0.2, 0) is 0 Å². The molecular weight excluding hydrogens is 350 g/mol. The fourth-order valence-electron chi connectivity index (χ4n) is 3.09. The van der Waals surface area contributed by atoms with Gasteiger partial charge in [0.2, 0.25) is 0 Å². The minimum Gasteiger partial charge on any atom is -0.496 e. The van der Waals surface area contributed by atoms with Crippen molar-refractivity contribution in [2.24, 2.45) is 0 Å². The van der Waals surface area contributed by atoms with Gasteiger partial charge in [0.1, 0.15) is 11.4 Å². The van der Waals surface area contributed by atoms with E-state index in [1.807, 2.05) is 67.7 Å². The van der Waals surface area contributed by atoms with Gasteiger partial charge < -0.3 is 4.74 Å². The molecule has 5 nitrogen and oxygen atoms in total. The average Bonchev–Trinajstić information content (AvgIpc) is 3.24. The van der Waals surface area contributed by atoms with E-state index in [0.29, 0.717) is 22.6 Å². The Morgan fingerprint density at radius 1 is 0.893 bits per heavy atom. The summed E-state index contributed by atoms with van der Waals surface area (Å²) in [5, 5.41) is 8.52. The Bertz CT molecular complexity index is 1130. The van der Waals surface area contributed by atoms with Gasteiger partial charge in [0, 0.05) is 11.1 Å². The van der Waals surface area contributed by atoms with E-state index in [1.165, 1.54) is 5.56 Å². The number of ketones is 1. The highest BCUT2D eigenvalue weighted by Crippen LogP contribution is 2.28. The second kappa shape index (κ2) is 7.48. The van der Waals surface area contributed by atoms with Crippen LogP contribution in [0.1, 0.15) is 21.5 Å². The van der Waals surface area contributed by atoms with Gasteiger partial charge in [0.15, 0.2) is 5.78 Å². The smallest absolute Gasteiger partial charge is 0.197 e. The van der Waals surface area contributed by atoms with E-state index in [0.717, 1.165) is 11.3 Å². The van der Waals surface area contributed by atoms with Crippen molar-refractivity contribution in [3.8, 4) is 22.7 Å². The van der Waals surface area contributed by atoms with Crippen molar-refractivity contribution < 1.29 is 9.53 Å². The molecule has 0 atom stereocenters. The van der Waals surface area contributed by atoms with Gasteiger partial charge in [0.05, 0.1) is 24.6 Å². The summed E-state index contributed by atoms with van der Waals surface area (Å²) in [5.74, 6) is 0.434. The number of hydrogen-bond acceptors (Lipinski definition) is 4. The van der Waals surface area contributed by atoms with Crippen molar-refractivity contribution in [2.45, 2.75) is 6.92 Å². The van der Waals surface area contributed by atoms with Gasteiger partial charge in [-0.2, -0.15) is 0 Å². The van der Waals surface area contributed by atoms with Gasteiger partial charge >= 0.3 is 0 Å². The first-order valence-corrected chi connectivity index (χ1v) is 8.94. The molecule has 0 aliphatic carbocycles. The zero-order chi connectivity index (χ0) is 19.5. The first-order chi connectivity index (χ1) is 13.7. The molecule has 5 heteroatoms. The summed E-state index contributed by atoms with van der Waals surface area (Å²) in [5.41, 5.74) is 4.54. The lowest BCUT2D eigenvalue weighted by Gasteiger charge is -2.09. The number of aryl methyl sites for hydroxylation is 1. The van der Waals surface area contributed by atoms with Gasteiger partial charge in [-0.25, -0.2) is 4.68 Å². The van der Waals surface area contributed by atoms with E-state index in [1.54, 1.807) is 30.0 Å². The molecule has 0 bridgehead atoms. The molecule has 0 saturated heterocycles. The summed E-state index contributed by atoms with van der Waals surface area (Å²) >= 11 is 0. The summed E-state index contributed by atoms with van der Waals surface area (Å²) < 4.78 is 7.06. The van der Waals surface area contributed by atoms with Crippen LogP contribution in [0.4, 0.5) is 0 Å². The molecule has 3 aromatic carbocycles. The lowest BCUT2D eigenvalue weighted by molar-refractivity contribution is 0.103. The standard InChI is InChI=1S/C23H19N3O2/c1-16-11-13-17(14-12-16)26-15-21(24-25-26)18-7-3-4-8-19(18)23(27)20-9-5-6-10-22(20)28-2/h3-15H,1-2H3. The lowest BCUT2D eigenvalue weighted by Crippen LogP contribution is -2.05. The number of benzene rings is 3. The number of aromatic nitrogens is 3. The number of para-hydroxylation sites is 1. The lowest BCUT2D eigenvalue weighted by atomic mass is 9.96. The van der Waals surface area contributed by atoms with Crippen molar-refractivity contribution >= 4 is 5.78 Å². The quantitative estimate of drug-likeness (QED) is 0.487. The van der Waals surface area contributed by atoms with Crippen molar-refractivity contribution in [2.75, 3.05) is 7.11 Å². The summed E-state index contributed by atoms with van der Waals surface area (Å²) in [6.07, 6.45) is 1.83. The maximum Gasteiger partial charge on any atom is 0.197 e. The maximum absolute atomic E-state index is 13.2. The van der Waals surface area contributed by atoms with E-state index in [4.69, 9.17) is 4.74 Å². The zero-order valence-electron chi connectivity index (χ0n) is 15.7. The Morgan fingerprint density at radius 2 is 1.57 bits per heavy atom. The fraction of sp³-hybridized carbons (Fsp3) is 0.0870. The van der Waals surface area contributed by atoms with E-state index >= 15 is 0 Å². The Balaban J connectivity index is 1.75. The predicted molar refractivity (Wildman–Crippen MR) is 108 cm³/mol. The van der Waals surface area contributed by atoms with Crippen LogP contribution < -0.4 is 4.74 Å².